The Morgan fingerprint density at radius 1 is 1.30 bits per heavy atom. The van der Waals surface area contributed by atoms with E-state index in [-0.39, 0.29) is 11.8 Å². The highest BCUT2D eigenvalue weighted by atomic mass is 16.2. The first-order chi connectivity index (χ1) is 14.4. The number of carbonyl (C=O) groups is 2. The van der Waals surface area contributed by atoms with E-state index in [9.17, 15) is 9.59 Å². The van der Waals surface area contributed by atoms with Crippen LogP contribution in [0.4, 0.5) is 11.6 Å². The fourth-order valence-corrected chi connectivity index (χ4v) is 3.41. The van der Waals surface area contributed by atoms with Gasteiger partial charge >= 0.3 is 0 Å². The number of hydrogen-bond donors (Lipinski definition) is 2. The average molecular weight is 405 g/mol. The fourth-order valence-electron chi connectivity index (χ4n) is 3.41. The second-order valence-electron chi connectivity index (χ2n) is 7.31. The van der Waals surface area contributed by atoms with Crippen LogP contribution in [-0.4, -0.2) is 42.5 Å². The zero-order valence-electron chi connectivity index (χ0n) is 17.1. The van der Waals surface area contributed by atoms with Gasteiger partial charge in [-0.1, -0.05) is 12.1 Å². The molecule has 0 saturated carbocycles. The predicted octanol–water partition coefficient (Wildman–Crippen LogP) is 1.92. The van der Waals surface area contributed by atoms with Gasteiger partial charge in [-0.25, -0.2) is 4.98 Å². The molecule has 0 fully saturated rings. The third-order valence-corrected chi connectivity index (χ3v) is 5.08. The molecule has 0 saturated heterocycles. The van der Waals surface area contributed by atoms with Crippen molar-refractivity contribution in [3.63, 3.8) is 0 Å². The smallest absolute Gasteiger partial charge is 0.273 e. The van der Waals surface area contributed by atoms with E-state index < -0.39 is 6.04 Å². The number of pyridine rings is 2. The summed E-state index contributed by atoms with van der Waals surface area (Å²) in [5, 5.41) is 10.3. The minimum absolute atomic E-state index is 0.219. The topological polar surface area (TPSA) is 105 Å². The average Bonchev–Trinajstić information content (AvgIpc) is 3.24. The van der Waals surface area contributed by atoms with Gasteiger partial charge in [-0.05, 0) is 31.5 Å². The van der Waals surface area contributed by atoms with Crippen LogP contribution in [-0.2, 0) is 24.9 Å². The number of aryl methyl sites for hydroxylation is 2. The lowest BCUT2D eigenvalue weighted by molar-refractivity contribution is -0.125. The molecule has 0 spiro atoms. The third kappa shape index (κ3) is 3.86. The van der Waals surface area contributed by atoms with Gasteiger partial charge in [0.2, 0.25) is 5.91 Å². The number of fused-ring (bicyclic) bond motifs is 1. The minimum atomic E-state index is -0.612. The van der Waals surface area contributed by atoms with Crippen LogP contribution in [0.5, 0.6) is 0 Å². The van der Waals surface area contributed by atoms with E-state index in [0.29, 0.717) is 24.6 Å². The summed E-state index contributed by atoms with van der Waals surface area (Å²) in [6, 6.07) is 8.68. The van der Waals surface area contributed by atoms with Crippen molar-refractivity contribution < 1.29 is 9.59 Å². The highest BCUT2D eigenvalue weighted by Crippen LogP contribution is 2.26. The van der Waals surface area contributed by atoms with Gasteiger partial charge < -0.3 is 15.5 Å². The molecule has 3 aromatic rings. The van der Waals surface area contributed by atoms with Crippen molar-refractivity contribution >= 4 is 23.5 Å². The van der Waals surface area contributed by atoms with Crippen LogP contribution in [0.3, 0.4) is 0 Å². The van der Waals surface area contributed by atoms with Gasteiger partial charge in [-0.2, -0.15) is 5.10 Å². The first-order valence-electron chi connectivity index (χ1n) is 9.67. The molecule has 0 radical (unpaired) electrons. The molecule has 154 valence electrons. The summed E-state index contributed by atoms with van der Waals surface area (Å²) in [4.78, 5) is 35.6. The lowest BCUT2D eigenvalue weighted by Gasteiger charge is -2.23. The summed E-state index contributed by atoms with van der Waals surface area (Å²) in [5.41, 5.74) is 2.95. The van der Waals surface area contributed by atoms with Gasteiger partial charge in [0, 0.05) is 44.2 Å². The van der Waals surface area contributed by atoms with Gasteiger partial charge in [-0.15, -0.1) is 0 Å². The summed E-state index contributed by atoms with van der Waals surface area (Å²) in [6.45, 7) is 4.35. The number of nitrogens with zero attached hydrogens (tertiary/aromatic N) is 5. The Kier molecular flexibility index (Phi) is 5.18. The molecule has 1 atom stereocenters. The van der Waals surface area contributed by atoms with Crippen LogP contribution >= 0.6 is 0 Å². The van der Waals surface area contributed by atoms with Crippen LogP contribution < -0.4 is 10.6 Å². The first-order valence-corrected chi connectivity index (χ1v) is 9.67. The second-order valence-corrected chi connectivity index (χ2v) is 7.31. The summed E-state index contributed by atoms with van der Waals surface area (Å²) < 4.78 is 1.72. The molecular weight excluding hydrogens is 382 g/mol. The van der Waals surface area contributed by atoms with E-state index in [1.165, 1.54) is 4.90 Å². The summed E-state index contributed by atoms with van der Waals surface area (Å²) in [5.74, 6) is 0.869. The highest BCUT2D eigenvalue weighted by molar-refractivity contribution is 5.99. The second kappa shape index (κ2) is 7.94. The van der Waals surface area contributed by atoms with Crippen molar-refractivity contribution in [1.29, 1.82) is 0 Å². The molecule has 2 N–H and O–H groups in total. The van der Waals surface area contributed by atoms with Crippen LogP contribution in [0.25, 0.3) is 0 Å². The molecular formula is C21H23N7O2. The maximum Gasteiger partial charge on any atom is 0.273 e. The monoisotopic (exact) mass is 405 g/mol. The molecule has 0 aliphatic carbocycles. The van der Waals surface area contributed by atoms with Crippen molar-refractivity contribution in [2.75, 3.05) is 5.32 Å². The molecule has 9 nitrogen and oxygen atoms in total. The maximum absolute atomic E-state index is 12.9. The number of nitrogens with one attached hydrogen (secondary N) is 2. The molecule has 1 aliphatic heterocycles. The third-order valence-electron chi connectivity index (χ3n) is 5.08. The SMILES string of the molecule is Cc1cc(Nc2ccc3c(n2)C(=O)N([C@H](C)C(=O)NCc2cccnc2)C3)n(C)n1. The van der Waals surface area contributed by atoms with E-state index in [1.807, 2.05) is 44.3 Å². The zero-order valence-corrected chi connectivity index (χ0v) is 17.1. The van der Waals surface area contributed by atoms with E-state index in [2.05, 4.69) is 25.7 Å². The number of anilines is 2. The maximum atomic E-state index is 12.9. The Balaban J connectivity index is 1.44. The number of amides is 2. The number of hydrogen-bond acceptors (Lipinski definition) is 6. The predicted molar refractivity (Wildman–Crippen MR) is 111 cm³/mol. The number of aromatic nitrogens is 4. The Labute approximate surface area is 174 Å². The molecule has 4 heterocycles. The van der Waals surface area contributed by atoms with E-state index in [0.717, 1.165) is 22.6 Å². The highest BCUT2D eigenvalue weighted by Gasteiger charge is 2.35. The standard InChI is InChI=1S/C21H23N7O2/c1-13-9-18(27(3)26-13)24-17-7-6-16-12-28(21(30)19(16)25-17)14(2)20(29)23-11-15-5-4-8-22-10-15/h4-10,14H,11-12H2,1-3H3,(H,23,29)(H,24,25)/t14-/m1/s1. The Hall–Kier alpha value is -3.75. The molecule has 9 heteroatoms. The molecule has 0 unspecified atom stereocenters. The Morgan fingerprint density at radius 3 is 2.83 bits per heavy atom. The Bertz CT molecular complexity index is 1090. The quantitative estimate of drug-likeness (QED) is 0.649. The number of rotatable bonds is 6. The van der Waals surface area contributed by atoms with Crippen LogP contribution in [0.2, 0.25) is 0 Å². The minimum Gasteiger partial charge on any atom is -0.350 e. The molecule has 0 bridgehead atoms. The number of carbonyl (C=O) groups excluding carboxylic acids is 2. The normalized spacial score (nSPS) is 13.8. The fraction of sp³-hybridized carbons (Fsp3) is 0.286. The summed E-state index contributed by atoms with van der Waals surface area (Å²) in [7, 11) is 1.83. The Morgan fingerprint density at radius 2 is 2.13 bits per heavy atom. The van der Waals surface area contributed by atoms with E-state index in [4.69, 9.17) is 0 Å². The van der Waals surface area contributed by atoms with Crippen molar-refractivity contribution in [1.82, 2.24) is 30.0 Å². The lowest BCUT2D eigenvalue weighted by atomic mass is 10.2. The van der Waals surface area contributed by atoms with Gasteiger partial charge in [0.25, 0.3) is 5.91 Å². The van der Waals surface area contributed by atoms with E-state index >= 15 is 0 Å². The largest absolute Gasteiger partial charge is 0.350 e. The van der Waals surface area contributed by atoms with Crippen LogP contribution in [0, 0.1) is 6.92 Å². The van der Waals surface area contributed by atoms with Crippen molar-refractivity contribution in [3.8, 4) is 0 Å². The molecule has 4 rings (SSSR count). The van der Waals surface area contributed by atoms with Gasteiger partial charge in [-0.3, -0.25) is 19.3 Å². The van der Waals surface area contributed by atoms with Crippen molar-refractivity contribution in [2.45, 2.75) is 33.0 Å². The molecule has 2 amide bonds. The molecule has 0 aromatic carbocycles. The summed E-state index contributed by atoms with van der Waals surface area (Å²) in [6.07, 6.45) is 3.38. The summed E-state index contributed by atoms with van der Waals surface area (Å²) >= 11 is 0. The molecule has 30 heavy (non-hydrogen) atoms. The van der Waals surface area contributed by atoms with Crippen LogP contribution in [0.1, 0.15) is 34.2 Å². The van der Waals surface area contributed by atoms with E-state index in [1.54, 1.807) is 24.0 Å². The lowest BCUT2D eigenvalue weighted by Crippen LogP contribution is -2.45. The van der Waals surface area contributed by atoms with Gasteiger partial charge in [0.05, 0.1) is 5.69 Å². The molecule has 3 aromatic heterocycles. The molecule has 1 aliphatic rings. The van der Waals surface area contributed by atoms with Gasteiger partial charge in [0.15, 0.2) is 0 Å². The van der Waals surface area contributed by atoms with Crippen LogP contribution in [0.15, 0.2) is 42.7 Å². The van der Waals surface area contributed by atoms with Crippen molar-refractivity contribution in [3.05, 3.63) is 65.2 Å². The first kappa shape index (κ1) is 19.6. The zero-order chi connectivity index (χ0) is 21.3. The van der Waals surface area contributed by atoms with Gasteiger partial charge in [0.1, 0.15) is 23.4 Å². The van der Waals surface area contributed by atoms with Crippen molar-refractivity contribution in [2.24, 2.45) is 7.05 Å².